The van der Waals surface area contributed by atoms with E-state index in [4.69, 9.17) is 0 Å². The van der Waals surface area contributed by atoms with Gasteiger partial charge in [0.1, 0.15) is 0 Å². The van der Waals surface area contributed by atoms with E-state index in [1.807, 2.05) is 0 Å². The van der Waals surface area contributed by atoms with Crippen LogP contribution in [0.25, 0.3) is 0 Å². The van der Waals surface area contributed by atoms with Gasteiger partial charge >= 0.3 is 0 Å². The SMILES string of the molecule is Brc1cc(N2CCSCC2)ccc1CNC1CC1. The van der Waals surface area contributed by atoms with Gasteiger partial charge in [0.25, 0.3) is 0 Å². The van der Waals surface area contributed by atoms with E-state index < -0.39 is 0 Å². The summed E-state index contributed by atoms with van der Waals surface area (Å²) < 4.78 is 1.24. The van der Waals surface area contributed by atoms with Crippen LogP contribution in [0.2, 0.25) is 0 Å². The average Bonchev–Trinajstić information content (AvgIpc) is 3.22. The molecule has 0 unspecified atom stereocenters. The molecular formula is C14H19BrN2S. The van der Waals surface area contributed by atoms with E-state index in [0.29, 0.717) is 0 Å². The lowest BCUT2D eigenvalue weighted by Crippen LogP contribution is -2.32. The lowest BCUT2D eigenvalue weighted by molar-refractivity contribution is 0.686. The molecule has 2 fully saturated rings. The maximum Gasteiger partial charge on any atom is 0.0378 e. The number of benzene rings is 1. The number of rotatable bonds is 4. The number of anilines is 1. The highest BCUT2D eigenvalue weighted by atomic mass is 79.9. The lowest BCUT2D eigenvalue weighted by atomic mass is 10.2. The van der Waals surface area contributed by atoms with Crippen LogP contribution in [0.3, 0.4) is 0 Å². The molecule has 2 nitrogen and oxygen atoms in total. The standard InChI is InChI=1S/C14H19BrN2S/c15-14-9-13(17-5-7-18-8-6-17)4-1-11(14)10-16-12-2-3-12/h1,4,9,12,16H,2-3,5-8,10H2. The molecule has 0 spiro atoms. The van der Waals surface area contributed by atoms with Gasteiger partial charge in [-0.25, -0.2) is 0 Å². The van der Waals surface area contributed by atoms with Crippen molar-refractivity contribution in [2.24, 2.45) is 0 Å². The molecule has 1 saturated heterocycles. The molecule has 1 aliphatic heterocycles. The van der Waals surface area contributed by atoms with Crippen molar-refractivity contribution >= 4 is 33.4 Å². The lowest BCUT2D eigenvalue weighted by Gasteiger charge is -2.29. The van der Waals surface area contributed by atoms with Gasteiger partial charge in [0.05, 0.1) is 0 Å². The van der Waals surface area contributed by atoms with Crippen molar-refractivity contribution in [1.29, 1.82) is 0 Å². The van der Waals surface area contributed by atoms with E-state index in [1.54, 1.807) is 0 Å². The van der Waals surface area contributed by atoms with Crippen LogP contribution >= 0.6 is 27.7 Å². The molecule has 0 bridgehead atoms. The Labute approximate surface area is 122 Å². The molecule has 98 valence electrons. The van der Waals surface area contributed by atoms with Gasteiger partial charge in [0, 0.05) is 47.3 Å². The maximum atomic E-state index is 3.71. The topological polar surface area (TPSA) is 15.3 Å². The molecule has 1 saturated carbocycles. The van der Waals surface area contributed by atoms with Crippen molar-refractivity contribution in [1.82, 2.24) is 5.32 Å². The Hall–Kier alpha value is -0.190. The highest BCUT2D eigenvalue weighted by Crippen LogP contribution is 2.27. The summed E-state index contributed by atoms with van der Waals surface area (Å²) in [6.07, 6.45) is 2.70. The summed E-state index contributed by atoms with van der Waals surface area (Å²) >= 11 is 5.77. The minimum Gasteiger partial charge on any atom is -0.370 e. The van der Waals surface area contributed by atoms with Crippen LogP contribution in [-0.4, -0.2) is 30.6 Å². The molecule has 2 aliphatic rings. The van der Waals surface area contributed by atoms with Gasteiger partial charge in [-0.2, -0.15) is 11.8 Å². The summed E-state index contributed by atoms with van der Waals surface area (Å²) in [6, 6.07) is 7.58. The predicted octanol–water partition coefficient (Wildman–Crippen LogP) is 3.25. The highest BCUT2D eigenvalue weighted by Gasteiger charge is 2.20. The normalized spacial score (nSPS) is 20.2. The summed E-state index contributed by atoms with van der Waals surface area (Å²) in [6.45, 7) is 3.34. The zero-order valence-corrected chi connectivity index (χ0v) is 12.9. The molecule has 0 aromatic heterocycles. The van der Waals surface area contributed by atoms with Crippen LogP contribution in [-0.2, 0) is 6.54 Å². The molecular weight excluding hydrogens is 308 g/mol. The number of hydrogen-bond acceptors (Lipinski definition) is 3. The molecule has 1 heterocycles. The third kappa shape index (κ3) is 3.22. The van der Waals surface area contributed by atoms with Gasteiger partial charge in [-0.05, 0) is 30.5 Å². The van der Waals surface area contributed by atoms with E-state index in [2.05, 4.69) is 56.1 Å². The minimum absolute atomic E-state index is 0.774. The van der Waals surface area contributed by atoms with Crippen molar-refractivity contribution in [3.63, 3.8) is 0 Å². The first kappa shape index (κ1) is 12.8. The Kier molecular flexibility index (Phi) is 4.16. The fourth-order valence-electron chi connectivity index (χ4n) is 2.24. The van der Waals surface area contributed by atoms with Gasteiger partial charge in [-0.1, -0.05) is 22.0 Å². The number of halogens is 1. The van der Waals surface area contributed by atoms with E-state index in [-0.39, 0.29) is 0 Å². The van der Waals surface area contributed by atoms with Crippen LogP contribution in [0.4, 0.5) is 5.69 Å². The van der Waals surface area contributed by atoms with Gasteiger partial charge in [0.2, 0.25) is 0 Å². The third-order valence-corrected chi connectivity index (χ3v) is 5.25. The van der Waals surface area contributed by atoms with Gasteiger partial charge < -0.3 is 10.2 Å². The first-order chi connectivity index (χ1) is 8.83. The fourth-order valence-corrected chi connectivity index (χ4v) is 3.65. The minimum atomic E-state index is 0.774. The van der Waals surface area contributed by atoms with E-state index in [0.717, 1.165) is 12.6 Å². The molecule has 1 aromatic carbocycles. The van der Waals surface area contributed by atoms with Gasteiger partial charge in [0.15, 0.2) is 0 Å². The van der Waals surface area contributed by atoms with E-state index >= 15 is 0 Å². The summed E-state index contributed by atoms with van der Waals surface area (Å²) in [4.78, 5) is 2.49. The average molecular weight is 327 g/mol. The van der Waals surface area contributed by atoms with Crippen LogP contribution in [0.15, 0.2) is 22.7 Å². The Morgan fingerprint density at radius 3 is 2.72 bits per heavy atom. The molecule has 4 heteroatoms. The highest BCUT2D eigenvalue weighted by molar-refractivity contribution is 9.10. The first-order valence-electron chi connectivity index (χ1n) is 6.67. The zero-order valence-electron chi connectivity index (χ0n) is 10.5. The first-order valence-corrected chi connectivity index (χ1v) is 8.62. The van der Waals surface area contributed by atoms with Crippen molar-refractivity contribution in [3.05, 3.63) is 28.2 Å². The largest absolute Gasteiger partial charge is 0.370 e. The van der Waals surface area contributed by atoms with E-state index in [1.165, 1.54) is 53.2 Å². The second-order valence-corrected chi connectivity index (χ2v) is 7.11. The third-order valence-electron chi connectivity index (χ3n) is 3.57. The fraction of sp³-hybridized carbons (Fsp3) is 0.571. The van der Waals surface area contributed by atoms with Crippen molar-refractivity contribution in [2.75, 3.05) is 29.5 Å². The number of thioether (sulfide) groups is 1. The summed E-state index contributed by atoms with van der Waals surface area (Å²) in [5, 5.41) is 3.57. The Morgan fingerprint density at radius 2 is 2.06 bits per heavy atom. The Balaban J connectivity index is 1.66. The zero-order chi connectivity index (χ0) is 12.4. The second kappa shape index (κ2) is 5.85. The number of nitrogens with zero attached hydrogens (tertiary/aromatic N) is 1. The summed E-state index contributed by atoms with van der Waals surface area (Å²) in [5.74, 6) is 2.51. The molecule has 1 N–H and O–H groups in total. The molecule has 1 aromatic rings. The van der Waals surface area contributed by atoms with Crippen molar-refractivity contribution in [3.8, 4) is 0 Å². The molecule has 18 heavy (non-hydrogen) atoms. The van der Waals surface area contributed by atoms with Crippen LogP contribution < -0.4 is 10.2 Å². The van der Waals surface area contributed by atoms with Gasteiger partial charge in [-0.3, -0.25) is 0 Å². The monoisotopic (exact) mass is 326 g/mol. The molecule has 0 atom stereocenters. The number of hydrogen-bond donors (Lipinski definition) is 1. The van der Waals surface area contributed by atoms with Crippen LogP contribution in [0, 0.1) is 0 Å². The van der Waals surface area contributed by atoms with Crippen LogP contribution in [0.5, 0.6) is 0 Å². The Bertz CT molecular complexity index is 414. The van der Waals surface area contributed by atoms with Crippen molar-refractivity contribution in [2.45, 2.75) is 25.4 Å². The maximum absolute atomic E-state index is 3.71. The molecule has 3 rings (SSSR count). The smallest absolute Gasteiger partial charge is 0.0378 e. The van der Waals surface area contributed by atoms with Gasteiger partial charge in [-0.15, -0.1) is 0 Å². The van der Waals surface area contributed by atoms with E-state index in [9.17, 15) is 0 Å². The van der Waals surface area contributed by atoms with Crippen LogP contribution in [0.1, 0.15) is 18.4 Å². The Morgan fingerprint density at radius 1 is 1.28 bits per heavy atom. The second-order valence-electron chi connectivity index (χ2n) is 5.03. The molecule has 0 amide bonds. The quantitative estimate of drug-likeness (QED) is 0.914. The number of nitrogens with one attached hydrogen (secondary N) is 1. The molecule has 0 radical (unpaired) electrons. The summed E-state index contributed by atoms with van der Waals surface area (Å²) in [7, 11) is 0. The summed E-state index contributed by atoms with van der Waals surface area (Å²) in [5.41, 5.74) is 2.73. The predicted molar refractivity (Wildman–Crippen MR) is 83.5 cm³/mol. The van der Waals surface area contributed by atoms with Crippen molar-refractivity contribution < 1.29 is 0 Å². The molecule has 1 aliphatic carbocycles.